The second kappa shape index (κ2) is 8.28. The maximum Gasteiger partial charge on any atom is 0.237 e. The average molecular weight is 299 g/mol. The van der Waals surface area contributed by atoms with Crippen LogP contribution < -0.4 is 11.1 Å². The SMILES string of the molecule is Cc1cc(C)c(CNC(=O)[C@@H](N)CC(C)C)c(C)c1.Cl. The molecule has 1 aromatic carbocycles. The molecular formula is C16H27ClN2O. The Bertz CT molecular complexity index is 435. The number of aryl methyl sites for hydroxylation is 3. The third kappa shape index (κ3) is 5.51. The number of carbonyl (C=O) groups is 1. The zero-order chi connectivity index (χ0) is 14.6. The third-order valence-corrected chi connectivity index (χ3v) is 3.34. The number of halogens is 1. The minimum absolute atomic E-state index is 0. The molecule has 4 heteroatoms. The molecule has 0 spiro atoms. The normalized spacial score (nSPS) is 11.9. The lowest BCUT2D eigenvalue weighted by Crippen LogP contribution is -2.41. The van der Waals surface area contributed by atoms with Crippen molar-refractivity contribution in [2.45, 2.75) is 53.6 Å². The molecule has 0 fully saturated rings. The summed E-state index contributed by atoms with van der Waals surface area (Å²) in [7, 11) is 0. The maximum absolute atomic E-state index is 11.9. The highest BCUT2D eigenvalue weighted by atomic mass is 35.5. The van der Waals surface area contributed by atoms with Crippen LogP contribution in [-0.4, -0.2) is 11.9 Å². The van der Waals surface area contributed by atoms with Crippen molar-refractivity contribution < 1.29 is 4.79 Å². The second-order valence-corrected chi connectivity index (χ2v) is 5.83. The van der Waals surface area contributed by atoms with Crippen molar-refractivity contribution in [2.24, 2.45) is 11.7 Å². The number of carbonyl (C=O) groups excluding carboxylic acids is 1. The smallest absolute Gasteiger partial charge is 0.237 e. The highest BCUT2D eigenvalue weighted by molar-refractivity contribution is 5.85. The molecule has 0 aliphatic carbocycles. The quantitative estimate of drug-likeness (QED) is 0.878. The van der Waals surface area contributed by atoms with E-state index in [0.717, 1.165) is 6.42 Å². The molecule has 0 aliphatic heterocycles. The van der Waals surface area contributed by atoms with E-state index in [2.05, 4.69) is 52.1 Å². The van der Waals surface area contributed by atoms with Crippen molar-refractivity contribution in [1.82, 2.24) is 5.32 Å². The summed E-state index contributed by atoms with van der Waals surface area (Å²) in [4.78, 5) is 11.9. The van der Waals surface area contributed by atoms with E-state index in [-0.39, 0.29) is 18.3 Å². The van der Waals surface area contributed by atoms with Crippen LogP contribution in [0.2, 0.25) is 0 Å². The molecule has 0 saturated carbocycles. The van der Waals surface area contributed by atoms with Crippen molar-refractivity contribution in [3.63, 3.8) is 0 Å². The van der Waals surface area contributed by atoms with Gasteiger partial charge in [-0.3, -0.25) is 4.79 Å². The van der Waals surface area contributed by atoms with Gasteiger partial charge in [-0.1, -0.05) is 31.5 Å². The highest BCUT2D eigenvalue weighted by Gasteiger charge is 2.15. The lowest BCUT2D eigenvalue weighted by Gasteiger charge is -2.16. The van der Waals surface area contributed by atoms with Gasteiger partial charge in [0.1, 0.15) is 0 Å². The molecule has 0 bridgehead atoms. The van der Waals surface area contributed by atoms with Crippen molar-refractivity contribution in [2.75, 3.05) is 0 Å². The van der Waals surface area contributed by atoms with Gasteiger partial charge in [0, 0.05) is 6.54 Å². The van der Waals surface area contributed by atoms with Gasteiger partial charge in [0.05, 0.1) is 6.04 Å². The predicted octanol–water partition coefficient (Wildman–Crippen LogP) is 3.02. The first-order chi connectivity index (χ1) is 8.81. The van der Waals surface area contributed by atoms with E-state index < -0.39 is 6.04 Å². The summed E-state index contributed by atoms with van der Waals surface area (Å²) in [6.45, 7) is 10.9. The number of nitrogens with one attached hydrogen (secondary N) is 1. The summed E-state index contributed by atoms with van der Waals surface area (Å²) >= 11 is 0. The molecule has 1 aromatic rings. The zero-order valence-corrected chi connectivity index (χ0v) is 13.9. The Morgan fingerprint density at radius 1 is 1.20 bits per heavy atom. The molecule has 0 heterocycles. The van der Waals surface area contributed by atoms with Gasteiger partial charge in [0.15, 0.2) is 0 Å². The van der Waals surface area contributed by atoms with E-state index in [9.17, 15) is 4.79 Å². The fourth-order valence-corrected chi connectivity index (χ4v) is 2.41. The Morgan fingerprint density at radius 2 is 1.70 bits per heavy atom. The van der Waals surface area contributed by atoms with E-state index >= 15 is 0 Å². The van der Waals surface area contributed by atoms with Crippen LogP contribution in [0.1, 0.15) is 42.5 Å². The van der Waals surface area contributed by atoms with Gasteiger partial charge in [-0.05, 0) is 49.8 Å². The van der Waals surface area contributed by atoms with Crippen LogP contribution in [0.3, 0.4) is 0 Å². The van der Waals surface area contributed by atoms with Crippen LogP contribution in [0.5, 0.6) is 0 Å². The van der Waals surface area contributed by atoms with E-state index in [1.165, 1.54) is 22.3 Å². The molecule has 0 radical (unpaired) electrons. The summed E-state index contributed by atoms with van der Waals surface area (Å²) < 4.78 is 0. The van der Waals surface area contributed by atoms with Gasteiger partial charge >= 0.3 is 0 Å². The predicted molar refractivity (Wildman–Crippen MR) is 87.2 cm³/mol. The van der Waals surface area contributed by atoms with E-state index in [1.54, 1.807) is 0 Å². The molecule has 1 amide bonds. The largest absolute Gasteiger partial charge is 0.351 e. The van der Waals surface area contributed by atoms with Crippen molar-refractivity contribution >= 4 is 18.3 Å². The summed E-state index contributed by atoms with van der Waals surface area (Å²) in [5.74, 6) is 0.372. The fraction of sp³-hybridized carbons (Fsp3) is 0.562. The van der Waals surface area contributed by atoms with Crippen LogP contribution in [0, 0.1) is 26.7 Å². The Labute approximate surface area is 128 Å². The number of hydrogen-bond donors (Lipinski definition) is 2. The van der Waals surface area contributed by atoms with Gasteiger partial charge in [-0.2, -0.15) is 0 Å². The topological polar surface area (TPSA) is 55.1 Å². The summed E-state index contributed by atoms with van der Waals surface area (Å²) in [6, 6.07) is 3.87. The molecule has 0 aromatic heterocycles. The van der Waals surface area contributed by atoms with Crippen LogP contribution in [0.25, 0.3) is 0 Å². The Hall–Kier alpha value is -1.06. The molecule has 0 aliphatic rings. The molecule has 20 heavy (non-hydrogen) atoms. The zero-order valence-electron chi connectivity index (χ0n) is 13.1. The van der Waals surface area contributed by atoms with Gasteiger partial charge < -0.3 is 11.1 Å². The van der Waals surface area contributed by atoms with Crippen LogP contribution >= 0.6 is 12.4 Å². The molecule has 114 valence electrons. The highest BCUT2D eigenvalue weighted by Crippen LogP contribution is 2.16. The summed E-state index contributed by atoms with van der Waals surface area (Å²) in [6.07, 6.45) is 0.720. The van der Waals surface area contributed by atoms with Gasteiger partial charge in [0.2, 0.25) is 5.91 Å². The lowest BCUT2D eigenvalue weighted by molar-refractivity contribution is -0.122. The number of benzene rings is 1. The first-order valence-electron chi connectivity index (χ1n) is 6.91. The van der Waals surface area contributed by atoms with Gasteiger partial charge in [-0.25, -0.2) is 0 Å². The number of hydrogen-bond acceptors (Lipinski definition) is 2. The van der Waals surface area contributed by atoms with E-state index in [4.69, 9.17) is 5.73 Å². The minimum atomic E-state index is -0.411. The summed E-state index contributed by atoms with van der Waals surface area (Å²) in [5, 5.41) is 2.94. The Morgan fingerprint density at radius 3 is 2.15 bits per heavy atom. The second-order valence-electron chi connectivity index (χ2n) is 5.83. The van der Waals surface area contributed by atoms with Crippen molar-refractivity contribution in [3.05, 3.63) is 34.4 Å². The summed E-state index contributed by atoms with van der Waals surface area (Å²) in [5.41, 5.74) is 10.7. The lowest BCUT2D eigenvalue weighted by atomic mass is 9.99. The molecule has 0 unspecified atom stereocenters. The monoisotopic (exact) mass is 298 g/mol. The van der Waals surface area contributed by atoms with Crippen molar-refractivity contribution in [1.29, 1.82) is 0 Å². The standard InChI is InChI=1S/C16H26N2O.ClH/c1-10(2)6-15(17)16(19)18-9-14-12(4)7-11(3)8-13(14)5;/h7-8,10,15H,6,9,17H2,1-5H3,(H,18,19);1H/t15-;/m0./s1. The average Bonchev–Trinajstić information content (AvgIpc) is 2.26. The molecule has 3 N–H and O–H groups in total. The third-order valence-electron chi connectivity index (χ3n) is 3.34. The molecular weight excluding hydrogens is 272 g/mol. The van der Waals surface area contributed by atoms with Gasteiger partial charge in [0.25, 0.3) is 0 Å². The first kappa shape index (κ1) is 18.9. The Kier molecular flexibility index (Phi) is 7.84. The molecule has 3 nitrogen and oxygen atoms in total. The van der Waals surface area contributed by atoms with Gasteiger partial charge in [-0.15, -0.1) is 12.4 Å². The first-order valence-corrected chi connectivity index (χ1v) is 6.91. The number of nitrogens with two attached hydrogens (primary N) is 1. The number of rotatable bonds is 5. The van der Waals surface area contributed by atoms with Crippen LogP contribution in [0.4, 0.5) is 0 Å². The molecule has 1 atom stereocenters. The van der Waals surface area contributed by atoms with Crippen LogP contribution in [-0.2, 0) is 11.3 Å². The van der Waals surface area contributed by atoms with E-state index in [0.29, 0.717) is 12.5 Å². The minimum Gasteiger partial charge on any atom is -0.351 e. The van der Waals surface area contributed by atoms with Crippen molar-refractivity contribution in [3.8, 4) is 0 Å². The number of amides is 1. The Balaban J connectivity index is 0.00000361. The van der Waals surface area contributed by atoms with E-state index in [1.807, 2.05) is 0 Å². The maximum atomic E-state index is 11.9. The molecule has 1 rings (SSSR count). The fourth-order valence-electron chi connectivity index (χ4n) is 2.41. The molecule has 0 saturated heterocycles. The van der Waals surface area contributed by atoms with Crippen LogP contribution in [0.15, 0.2) is 12.1 Å².